The van der Waals surface area contributed by atoms with Gasteiger partial charge in [-0.1, -0.05) is 17.7 Å². The minimum Gasteiger partial charge on any atom is -0.383 e. The Morgan fingerprint density at radius 3 is 3.00 bits per heavy atom. The fraction of sp³-hybridized carbons (Fsp3) is 0.308. The molecule has 96 valence electrons. The summed E-state index contributed by atoms with van der Waals surface area (Å²) < 4.78 is 6.82. The Balaban J connectivity index is 2.17. The van der Waals surface area contributed by atoms with Crippen molar-refractivity contribution in [3.05, 3.63) is 47.2 Å². The van der Waals surface area contributed by atoms with E-state index in [9.17, 15) is 0 Å². The molecule has 0 aliphatic heterocycles. The summed E-state index contributed by atoms with van der Waals surface area (Å²) in [5, 5.41) is 8.28. The third-order valence-electron chi connectivity index (χ3n) is 2.63. The first kappa shape index (κ1) is 13.1. The molecule has 0 saturated heterocycles. The Morgan fingerprint density at radius 2 is 2.28 bits per heavy atom. The third kappa shape index (κ3) is 3.10. The molecule has 0 aliphatic rings. The van der Waals surface area contributed by atoms with Crippen molar-refractivity contribution in [3.63, 3.8) is 0 Å². The number of rotatable bonds is 6. The molecule has 1 N–H and O–H groups in total. The summed E-state index contributed by atoms with van der Waals surface area (Å²) in [5.74, 6) is 0. The molecule has 4 nitrogen and oxygen atoms in total. The lowest BCUT2D eigenvalue weighted by Gasteiger charge is -2.12. The van der Waals surface area contributed by atoms with Crippen LogP contribution in [0.15, 0.2) is 36.7 Å². The number of methoxy groups -OCH3 is 1. The fourth-order valence-electron chi connectivity index (χ4n) is 1.74. The van der Waals surface area contributed by atoms with Crippen LogP contribution >= 0.6 is 11.6 Å². The van der Waals surface area contributed by atoms with Crippen molar-refractivity contribution >= 4 is 11.6 Å². The Morgan fingerprint density at radius 1 is 1.39 bits per heavy atom. The molecule has 5 heteroatoms. The highest BCUT2D eigenvalue weighted by molar-refractivity contribution is 6.31. The van der Waals surface area contributed by atoms with Gasteiger partial charge in [0.05, 0.1) is 12.3 Å². The summed E-state index contributed by atoms with van der Waals surface area (Å²) in [5.41, 5.74) is 2.04. The molecule has 18 heavy (non-hydrogen) atoms. The monoisotopic (exact) mass is 265 g/mol. The Kier molecular flexibility index (Phi) is 4.75. The van der Waals surface area contributed by atoms with E-state index in [4.69, 9.17) is 16.3 Å². The summed E-state index contributed by atoms with van der Waals surface area (Å²) >= 11 is 6.25. The Bertz CT molecular complexity index is 485. The van der Waals surface area contributed by atoms with Crippen molar-refractivity contribution in [1.29, 1.82) is 0 Å². The van der Waals surface area contributed by atoms with Gasteiger partial charge >= 0.3 is 0 Å². The maximum Gasteiger partial charge on any atom is 0.0705 e. The summed E-state index contributed by atoms with van der Waals surface area (Å²) in [6.45, 7) is 2.17. The van der Waals surface area contributed by atoms with E-state index < -0.39 is 0 Å². The van der Waals surface area contributed by atoms with Crippen molar-refractivity contribution in [2.45, 2.75) is 6.54 Å². The molecule has 2 rings (SSSR count). The lowest BCUT2D eigenvalue weighted by Crippen LogP contribution is -2.20. The first-order valence-electron chi connectivity index (χ1n) is 5.80. The average molecular weight is 266 g/mol. The van der Waals surface area contributed by atoms with Crippen molar-refractivity contribution in [2.24, 2.45) is 0 Å². The van der Waals surface area contributed by atoms with Crippen LogP contribution in [0.2, 0.25) is 5.02 Å². The fourth-order valence-corrected chi connectivity index (χ4v) is 1.97. The van der Waals surface area contributed by atoms with E-state index in [0.29, 0.717) is 13.2 Å². The van der Waals surface area contributed by atoms with Crippen LogP contribution in [0.25, 0.3) is 5.69 Å². The number of benzene rings is 1. The molecular weight excluding hydrogens is 250 g/mol. The topological polar surface area (TPSA) is 39.1 Å². The molecule has 1 aromatic carbocycles. The van der Waals surface area contributed by atoms with Crippen LogP contribution in [-0.4, -0.2) is 30.0 Å². The van der Waals surface area contributed by atoms with Crippen LogP contribution in [0.4, 0.5) is 0 Å². The SMILES string of the molecule is COCCNCc1c(Cl)cccc1-n1cccn1. The molecule has 0 aliphatic carbocycles. The smallest absolute Gasteiger partial charge is 0.0705 e. The Labute approximate surface area is 112 Å². The van der Waals surface area contributed by atoms with Gasteiger partial charge in [0, 0.05) is 43.2 Å². The van der Waals surface area contributed by atoms with Crippen molar-refractivity contribution in [2.75, 3.05) is 20.3 Å². The second-order valence-electron chi connectivity index (χ2n) is 3.86. The van der Waals surface area contributed by atoms with Gasteiger partial charge in [-0.05, 0) is 18.2 Å². The molecule has 0 atom stereocenters. The van der Waals surface area contributed by atoms with Crippen molar-refractivity contribution in [1.82, 2.24) is 15.1 Å². The normalized spacial score (nSPS) is 10.8. The highest BCUT2D eigenvalue weighted by atomic mass is 35.5. The van der Waals surface area contributed by atoms with E-state index >= 15 is 0 Å². The molecular formula is C13H16ClN3O. The predicted molar refractivity (Wildman–Crippen MR) is 72.2 cm³/mol. The van der Waals surface area contributed by atoms with E-state index in [1.807, 2.05) is 35.1 Å². The van der Waals surface area contributed by atoms with Crippen LogP contribution < -0.4 is 5.32 Å². The highest BCUT2D eigenvalue weighted by Gasteiger charge is 2.08. The summed E-state index contributed by atoms with van der Waals surface area (Å²) in [6.07, 6.45) is 3.66. The van der Waals surface area contributed by atoms with Gasteiger partial charge in [-0.3, -0.25) is 0 Å². The van der Waals surface area contributed by atoms with E-state index in [1.165, 1.54) is 0 Å². The third-order valence-corrected chi connectivity index (χ3v) is 2.98. The maximum absolute atomic E-state index is 6.25. The number of halogens is 1. The molecule has 0 bridgehead atoms. The number of hydrogen-bond acceptors (Lipinski definition) is 3. The summed E-state index contributed by atoms with van der Waals surface area (Å²) in [4.78, 5) is 0. The van der Waals surface area contributed by atoms with Crippen LogP contribution in [0, 0.1) is 0 Å². The van der Waals surface area contributed by atoms with Crippen LogP contribution in [0.3, 0.4) is 0 Å². The van der Waals surface area contributed by atoms with Gasteiger partial charge in [-0.2, -0.15) is 5.10 Å². The predicted octanol–water partition coefficient (Wildman–Crippen LogP) is 2.26. The van der Waals surface area contributed by atoms with Crippen molar-refractivity contribution in [3.8, 4) is 5.69 Å². The zero-order valence-electron chi connectivity index (χ0n) is 10.3. The molecule has 0 fully saturated rings. The van der Waals surface area contributed by atoms with Gasteiger partial charge < -0.3 is 10.1 Å². The number of nitrogens with one attached hydrogen (secondary N) is 1. The molecule has 0 unspecified atom stereocenters. The number of ether oxygens (including phenoxy) is 1. The van der Waals surface area contributed by atoms with Crippen LogP contribution in [-0.2, 0) is 11.3 Å². The van der Waals surface area contributed by atoms with Crippen LogP contribution in [0.1, 0.15) is 5.56 Å². The standard InChI is InChI=1S/C13H16ClN3O/c1-18-9-7-15-10-11-12(14)4-2-5-13(11)17-8-3-6-16-17/h2-6,8,15H,7,9-10H2,1H3. The van der Waals surface area contributed by atoms with Gasteiger partial charge in [0.25, 0.3) is 0 Å². The molecule has 2 aromatic rings. The van der Waals surface area contributed by atoms with E-state index in [2.05, 4.69) is 10.4 Å². The second kappa shape index (κ2) is 6.54. The van der Waals surface area contributed by atoms with E-state index in [0.717, 1.165) is 22.8 Å². The van der Waals surface area contributed by atoms with Gasteiger partial charge in [-0.25, -0.2) is 4.68 Å². The van der Waals surface area contributed by atoms with Gasteiger partial charge in [0.2, 0.25) is 0 Å². The first-order chi connectivity index (χ1) is 8.83. The first-order valence-corrected chi connectivity index (χ1v) is 6.18. The maximum atomic E-state index is 6.25. The number of aromatic nitrogens is 2. The molecule has 1 aromatic heterocycles. The summed E-state index contributed by atoms with van der Waals surface area (Å²) in [6, 6.07) is 7.72. The minimum absolute atomic E-state index is 0.682. The van der Waals surface area contributed by atoms with Gasteiger partial charge in [0.1, 0.15) is 0 Å². The molecule has 0 spiro atoms. The Hall–Kier alpha value is -1.36. The molecule has 1 heterocycles. The second-order valence-corrected chi connectivity index (χ2v) is 4.26. The van der Waals surface area contributed by atoms with E-state index in [-0.39, 0.29) is 0 Å². The number of nitrogens with zero attached hydrogens (tertiary/aromatic N) is 2. The largest absolute Gasteiger partial charge is 0.383 e. The molecule has 0 amide bonds. The van der Waals surface area contributed by atoms with Gasteiger partial charge in [-0.15, -0.1) is 0 Å². The lowest BCUT2D eigenvalue weighted by molar-refractivity contribution is 0.199. The minimum atomic E-state index is 0.682. The van der Waals surface area contributed by atoms with Crippen LogP contribution in [0.5, 0.6) is 0 Å². The quantitative estimate of drug-likeness (QED) is 0.815. The van der Waals surface area contributed by atoms with E-state index in [1.54, 1.807) is 13.3 Å². The van der Waals surface area contributed by atoms with Gasteiger partial charge in [0.15, 0.2) is 0 Å². The zero-order valence-corrected chi connectivity index (χ0v) is 11.0. The summed E-state index contributed by atoms with van der Waals surface area (Å²) in [7, 11) is 1.69. The van der Waals surface area contributed by atoms with Crippen molar-refractivity contribution < 1.29 is 4.74 Å². The zero-order chi connectivity index (χ0) is 12.8. The molecule has 0 radical (unpaired) electrons. The lowest BCUT2D eigenvalue weighted by atomic mass is 10.1. The average Bonchev–Trinajstić information content (AvgIpc) is 2.89. The number of hydrogen-bond donors (Lipinski definition) is 1. The highest BCUT2D eigenvalue weighted by Crippen LogP contribution is 2.22. The molecule has 0 saturated carbocycles.